The topological polar surface area (TPSA) is 74.9 Å². The minimum absolute atomic E-state index is 0.250. The number of para-hydroxylation sites is 1. The van der Waals surface area contributed by atoms with Crippen LogP contribution in [0.25, 0.3) is 11.4 Å². The molecule has 3 heterocycles. The van der Waals surface area contributed by atoms with Crippen LogP contribution in [0.1, 0.15) is 17.4 Å². The summed E-state index contributed by atoms with van der Waals surface area (Å²) >= 11 is 11.8. The molecule has 166 valence electrons. The Kier molecular flexibility index (Phi) is 5.86. The highest BCUT2D eigenvalue weighted by molar-refractivity contribution is 9.10. The summed E-state index contributed by atoms with van der Waals surface area (Å²) in [5, 5.41) is 16.2. The van der Waals surface area contributed by atoms with Gasteiger partial charge in [-0.15, -0.1) is 11.7 Å². The zero-order valence-corrected chi connectivity index (χ0v) is 20.7. The van der Waals surface area contributed by atoms with Gasteiger partial charge >= 0.3 is 0 Å². The summed E-state index contributed by atoms with van der Waals surface area (Å²) in [6.07, 6.45) is 1.11. The lowest BCUT2D eigenvalue weighted by atomic mass is 10.1. The Morgan fingerprint density at radius 2 is 2.06 bits per heavy atom. The highest BCUT2D eigenvalue weighted by Gasteiger charge is 2.37. The highest BCUT2D eigenvalue weighted by Crippen LogP contribution is 2.37. The molecule has 5 rings (SSSR count). The number of hydrogen-bond donors (Lipinski definition) is 1. The fourth-order valence-corrected chi connectivity index (χ4v) is 5.10. The molecule has 0 bridgehead atoms. The first-order chi connectivity index (χ1) is 16.0. The maximum Gasteiger partial charge on any atom is 0.276 e. The van der Waals surface area contributed by atoms with E-state index >= 15 is 0 Å². The van der Waals surface area contributed by atoms with E-state index in [9.17, 15) is 4.79 Å². The van der Waals surface area contributed by atoms with Crippen molar-refractivity contribution in [2.45, 2.75) is 13.1 Å². The van der Waals surface area contributed by atoms with Crippen LogP contribution in [0.5, 0.6) is 0 Å². The van der Waals surface area contributed by atoms with Crippen LogP contribution < -0.4 is 15.9 Å². The lowest BCUT2D eigenvalue weighted by Gasteiger charge is -2.34. The first kappa shape index (κ1) is 21.9. The molecular weight excluding hydrogens is 524 g/mol. The zero-order valence-electron chi connectivity index (χ0n) is 17.5. The number of hydrogen-bond acceptors (Lipinski definition) is 6. The molecule has 0 radical (unpaired) electrons. The van der Waals surface area contributed by atoms with Gasteiger partial charge in [-0.2, -0.15) is 5.10 Å². The first-order valence-electron chi connectivity index (χ1n) is 10.1. The van der Waals surface area contributed by atoms with Crippen LogP contribution >= 0.6 is 39.3 Å². The number of benzene rings is 2. The third-order valence-electron chi connectivity index (χ3n) is 5.21. The molecule has 10 heteroatoms. The highest BCUT2D eigenvalue weighted by atomic mass is 79.9. The van der Waals surface area contributed by atoms with Crippen molar-refractivity contribution < 1.29 is 4.79 Å². The van der Waals surface area contributed by atoms with E-state index in [2.05, 4.69) is 32.9 Å². The number of aromatic nitrogens is 2. The van der Waals surface area contributed by atoms with Crippen molar-refractivity contribution in [3.63, 3.8) is 0 Å². The van der Waals surface area contributed by atoms with Crippen molar-refractivity contribution in [1.82, 2.24) is 20.1 Å². The average molecular weight is 542 g/mol. The standard InChI is InChI=1S/C23H18BrClN6OS/c1-3-11-33-23-27-22(32)19-16-12-14(24)9-10-17(16)26-21(31(19)29-23)18-13(2)28-30(20(18)25)15-7-5-4-6-8-15/h3-10,12,21H,1,11H2,2H3,(H,27,29,32)/t21-/m1/s1. The van der Waals surface area contributed by atoms with Crippen molar-refractivity contribution in [2.24, 2.45) is 10.1 Å². The molecular formula is C23H18BrClN6OS. The van der Waals surface area contributed by atoms with Crippen LogP contribution in [0.2, 0.25) is 5.15 Å². The maximum atomic E-state index is 13.2. The largest absolute Gasteiger partial charge is 0.298 e. The molecule has 0 saturated carbocycles. The van der Waals surface area contributed by atoms with E-state index in [4.69, 9.17) is 21.7 Å². The number of thioether (sulfide) groups is 1. The lowest BCUT2D eigenvalue weighted by molar-refractivity contribution is -0.116. The molecule has 1 amide bonds. The molecule has 1 atom stereocenters. The van der Waals surface area contributed by atoms with Gasteiger partial charge in [-0.25, -0.2) is 9.69 Å². The van der Waals surface area contributed by atoms with Crippen molar-refractivity contribution in [3.05, 3.63) is 92.6 Å². The minimum Gasteiger partial charge on any atom is -0.298 e. The molecule has 0 spiro atoms. The number of hydrazone groups is 1. The molecule has 0 saturated heterocycles. The van der Waals surface area contributed by atoms with Crippen LogP contribution in [0.15, 0.2) is 75.8 Å². The van der Waals surface area contributed by atoms with Gasteiger partial charge in [0.15, 0.2) is 11.3 Å². The molecule has 2 aliphatic heterocycles. The number of fused-ring (bicyclic) bond motifs is 2. The summed E-state index contributed by atoms with van der Waals surface area (Å²) in [4.78, 5) is 18.2. The van der Waals surface area contributed by atoms with Crippen LogP contribution in [-0.4, -0.2) is 31.6 Å². The van der Waals surface area contributed by atoms with Gasteiger partial charge in [0.1, 0.15) is 10.9 Å². The number of aryl methyl sites for hydroxylation is 1. The predicted octanol–water partition coefficient (Wildman–Crippen LogP) is 3.66. The monoisotopic (exact) mass is 540 g/mol. The Bertz CT molecular complexity index is 1440. The second kappa shape index (κ2) is 8.81. The van der Waals surface area contributed by atoms with Crippen LogP contribution in [-0.2, 0) is 4.79 Å². The van der Waals surface area contributed by atoms with E-state index in [-0.39, 0.29) is 5.91 Å². The van der Waals surface area contributed by atoms with Gasteiger partial charge in [0.05, 0.1) is 22.3 Å². The molecule has 2 aromatic carbocycles. The summed E-state index contributed by atoms with van der Waals surface area (Å²) in [5.41, 5.74) is 2.65. The molecule has 33 heavy (non-hydrogen) atoms. The van der Waals surface area contributed by atoms with Gasteiger partial charge in [0.25, 0.3) is 5.91 Å². The second-order valence-corrected chi connectivity index (χ2v) is 9.64. The Morgan fingerprint density at radius 3 is 2.82 bits per heavy atom. The zero-order chi connectivity index (χ0) is 23.1. The van der Waals surface area contributed by atoms with Crippen LogP contribution in [0.3, 0.4) is 0 Å². The Hall–Kier alpha value is -2.88. The van der Waals surface area contributed by atoms with Gasteiger partial charge in [-0.05, 0) is 37.3 Å². The molecule has 1 N–H and O–H groups in total. The fourth-order valence-electron chi connectivity index (χ4n) is 3.79. The molecule has 0 aliphatic carbocycles. The van der Waals surface area contributed by atoms with Gasteiger partial charge in [0, 0.05) is 15.4 Å². The Balaban J connectivity index is 1.73. The number of rotatable bonds is 4. The van der Waals surface area contributed by atoms with Gasteiger partial charge in [-0.1, -0.05) is 63.6 Å². The second-order valence-electron chi connectivity index (χ2n) is 7.35. The van der Waals surface area contributed by atoms with E-state index in [1.54, 1.807) is 15.8 Å². The van der Waals surface area contributed by atoms with E-state index in [0.29, 0.717) is 43.6 Å². The number of nitrogens with one attached hydrogen (secondary N) is 1. The molecule has 0 unspecified atom stereocenters. The Morgan fingerprint density at radius 1 is 1.27 bits per heavy atom. The summed E-state index contributed by atoms with van der Waals surface area (Å²) in [6, 6.07) is 15.3. The van der Waals surface area contributed by atoms with Crippen LogP contribution in [0, 0.1) is 6.92 Å². The van der Waals surface area contributed by atoms with Crippen molar-refractivity contribution in [1.29, 1.82) is 0 Å². The molecule has 0 fully saturated rings. The minimum atomic E-state index is -0.649. The third kappa shape index (κ3) is 3.90. The van der Waals surface area contributed by atoms with Crippen molar-refractivity contribution >= 4 is 56.1 Å². The molecule has 2 aliphatic rings. The van der Waals surface area contributed by atoms with Crippen LogP contribution in [0.4, 0.5) is 0 Å². The lowest BCUT2D eigenvalue weighted by Crippen LogP contribution is -2.50. The van der Waals surface area contributed by atoms with E-state index in [1.807, 2.05) is 55.5 Å². The SMILES string of the molecule is C=CCSC1=NN2C(=c3cc(Br)ccc3=N[C@H]2c2c(C)nn(-c3ccccc3)c2Cl)C(=O)N1. The summed E-state index contributed by atoms with van der Waals surface area (Å²) in [6.45, 7) is 5.63. The number of amides is 1. The van der Waals surface area contributed by atoms with E-state index in [0.717, 1.165) is 10.2 Å². The van der Waals surface area contributed by atoms with Crippen molar-refractivity contribution in [3.8, 4) is 5.69 Å². The quantitative estimate of drug-likeness (QED) is 0.512. The van der Waals surface area contributed by atoms with Gasteiger partial charge < -0.3 is 0 Å². The fraction of sp³-hybridized carbons (Fsp3) is 0.130. The number of amidine groups is 1. The van der Waals surface area contributed by atoms with E-state index < -0.39 is 6.17 Å². The third-order valence-corrected chi connectivity index (χ3v) is 6.93. The Labute approximate surface area is 207 Å². The first-order valence-corrected chi connectivity index (χ1v) is 12.2. The molecule has 1 aromatic heterocycles. The van der Waals surface area contributed by atoms with Gasteiger partial charge in [-0.3, -0.25) is 15.1 Å². The molecule has 3 aromatic rings. The summed E-state index contributed by atoms with van der Waals surface area (Å²) < 4.78 is 2.52. The van der Waals surface area contributed by atoms with Crippen molar-refractivity contribution in [2.75, 3.05) is 5.75 Å². The number of halogens is 2. The van der Waals surface area contributed by atoms with Gasteiger partial charge in [0.2, 0.25) is 0 Å². The normalized spacial score (nSPS) is 17.0. The van der Waals surface area contributed by atoms with E-state index in [1.165, 1.54) is 11.8 Å². The number of carbonyl (C=O) groups is 1. The summed E-state index contributed by atoms with van der Waals surface area (Å²) in [5.74, 6) is 0.359. The molecule has 7 nitrogen and oxygen atoms in total. The number of nitrogens with zero attached hydrogens (tertiary/aromatic N) is 5. The average Bonchev–Trinajstić information content (AvgIpc) is 3.11. The predicted molar refractivity (Wildman–Crippen MR) is 134 cm³/mol. The number of carbonyl (C=O) groups excluding carboxylic acids is 1. The maximum absolute atomic E-state index is 13.2. The summed E-state index contributed by atoms with van der Waals surface area (Å²) in [7, 11) is 0. The smallest absolute Gasteiger partial charge is 0.276 e.